The van der Waals surface area contributed by atoms with E-state index in [0.717, 1.165) is 6.54 Å². The zero-order valence-electron chi connectivity index (χ0n) is 24.7. The quantitative estimate of drug-likeness (QED) is 0.259. The van der Waals surface area contributed by atoms with E-state index in [1.54, 1.807) is 0 Å². The van der Waals surface area contributed by atoms with Crippen LogP contribution in [-0.2, 0) is 10.8 Å². The molecule has 1 fully saturated rings. The van der Waals surface area contributed by atoms with E-state index >= 15 is 0 Å². The summed E-state index contributed by atoms with van der Waals surface area (Å²) in [6, 6.07) is 37.4. The second-order valence-corrected chi connectivity index (χ2v) is 12.8. The van der Waals surface area contributed by atoms with E-state index in [0.29, 0.717) is 12.0 Å². The summed E-state index contributed by atoms with van der Waals surface area (Å²) in [6.45, 7) is 14.8. The molecule has 0 aromatic heterocycles. The van der Waals surface area contributed by atoms with Gasteiger partial charge in [-0.3, -0.25) is 0 Å². The number of aryl methyl sites for hydroxylation is 2. The van der Waals surface area contributed by atoms with Crippen molar-refractivity contribution in [1.29, 1.82) is 0 Å². The standard InChI is InChI=1S/C38H45N/c1-27-10-18-31(19-11-27)37(3,4)33-22-14-29(15-23-33)36(35-9-7-8-26-39-35)30-16-24-34(25-17-30)38(5,6)32-20-12-28(2)13-21-32/h10-25,35-36,39H,7-9,26H2,1-6H3/t35-/m1/s1. The third kappa shape index (κ3) is 5.75. The normalized spacial score (nSPS) is 16.4. The largest absolute Gasteiger partial charge is 0.313 e. The first-order chi connectivity index (χ1) is 18.7. The predicted octanol–water partition coefficient (Wildman–Crippen LogP) is 9.23. The monoisotopic (exact) mass is 515 g/mol. The predicted molar refractivity (Wildman–Crippen MR) is 167 cm³/mol. The maximum atomic E-state index is 3.87. The second-order valence-electron chi connectivity index (χ2n) is 12.8. The molecule has 5 rings (SSSR count). The number of rotatable bonds is 7. The molecule has 1 heteroatoms. The first kappa shape index (κ1) is 27.4. The molecule has 0 aliphatic carbocycles. The minimum atomic E-state index is -0.0337. The first-order valence-electron chi connectivity index (χ1n) is 14.7. The zero-order valence-corrected chi connectivity index (χ0v) is 24.7. The fourth-order valence-electron chi connectivity index (χ4n) is 6.31. The molecule has 202 valence electrons. The maximum absolute atomic E-state index is 3.87. The van der Waals surface area contributed by atoms with Crippen LogP contribution in [0.4, 0.5) is 0 Å². The molecule has 0 unspecified atom stereocenters. The fraction of sp³-hybridized carbons (Fsp3) is 0.368. The zero-order chi connectivity index (χ0) is 27.6. The van der Waals surface area contributed by atoms with Gasteiger partial charge >= 0.3 is 0 Å². The fourth-order valence-corrected chi connectivity index (χ4v) is 6.31. The van der Waals surface area contributed by atoms with Gasteiger partial charge in [-0.25, -0.2) is 0 Å². The Labute approximate surface area is 236 Å². The van der Waals surface area contributed by atoms with Crippen molar-refractivity contribution in [1.82, 2.24) is 5.32 Å². The Bertz CT molecular complexity index is 1250. The lowest BCUT2D eigenvalue weighted by atomic mass is 9.75. The van der Waals surface area contributed by atoms with E-state index < -0.39 is 0 Å². The third-order valence-electron chi connectivity index (χ3n) is 9.28. The van der Waals surface area contributed by atoms with Crippen molar-refractivity contribution in [3.8, 4) is 0 Å². The molecule has 1 N–H and O–H groups in total. The summed E-state index contributed by atoms with van der Waals surface area (Å²) in [5.74, 6) is 0.346. The van der Waals surface area contributed by atoms with E-state index in [4.69, 9.17) is 0 Å². The molecule has 1 atom stereocenters. The van der Waals surface area contributed by atoms with Crippen LogP contribution in [-0.4, -0.2) is 12.6 Å². The smallest absolute Gasteiger partial charge is 0.0243 e. The summed E-state index contributed by atoms with van der Waals surface area (Å²) in [6.07, 6.45) is 3.79. The van der Waals surface area contributed by atoms with Gasteiger partial charge in [-0.15, -0.1) is 0 Å². The number of piperidine rings is 1. The molecule has 39 heavy (non-hydrogen) atoms. The third-order valence-corrected chi connectivity index (χ3v) is 9.28. The molecule has 4 aromatic carbocycles. The first-order valence-corrected chi connectivity index (χ1v) is 14.7. The van der Waals surface area contributed by atoms with Crippen molar-refractivity contribution in [2.24, 2.45) is 0 Å². The van der Waals surface area contributed by atoms with Gasteiger partial charge in [0, 0.05) is 22.8 Å². The van der Waals surface area contributed by atoms with Gasteiger partial charge in [0.05, 0.1) is 0 Å². The van der Waals surface area contributed by atoms with Gasteiger partial charge in [0.2, 0.25) is 0 Å². The van der Waals surface area contributed by atoms with Crippen molar-refractivity contribution in [3.63, 3.8) is 0 Å². The molecule has 0 radical (unpaired) electrons. The summed E-state index contributed by atoms with van der Waals surface area (Å²) in [5.41, 5.74) is 10.8. The van der Waals surface area contributed by atoms with E-state index in [9.17, 15) is 0 Å². The van der Waals surface area contributed by atoms with Gasteiger partial charge in [0.25, 0.3) is 0 Å². The van der Waals surface area contributed by atoms with E-state index in [-0.39, 0.29) is 10.8 Å². The Kier molecular flexibility index (Phi) is 7.83. The van der Waals surface area contributed by atoms with Crippen LogP contribution in [0.2, 0.25) is 0 Å². The average molecular weight is 516 g/mol. The van der Waals surface area contributed by atoms with Gasteiger partial charge < -0.3 is 5.32 Å². The van der Waals surface area contributed by atoms with Crippen molar-refractivity contribution >= 4 is 0 Å². The maximum Gasteiger partial charge on any atom is 0.0243 e. The lowest BCUT2D eigenvalue weighted by molar-refractivity contribution is 0.372. The highest BCUT2D eigenvalue weighted by atomic mass is 14.9. The molecule has 0 amide bonds. The van der Waals surface area contributed by atoms with Crippen LogP contribution in [0.5, 0.6) is 0 Å². The molecule has 0 bridgehead atoms. The van der Waals surface area contributed by atoms with Gasteiger partial charge in [0.15, 0.2) is 0 Å². The molecule has 1 aliphatic rings. The highest BCUT2D eigenvalue weighted by Gasteiger charge is 2.29. The van der Waals surface area contributed by atoms with Crippen LogP contribution in [0.15, 0.2) is 97.1 Å². The van der Waals surface area contributed by atoms with E-state index in [1.165, 1.54) is 63.8 Å². The van der Waals surface area contributed by atoms with E-state index in [2.05, 4.69) is 144 Å². The lowest BCUT2D eigenvalue weighted by Gasteiger charge is -2.33. The van der Waals surface area contributed by atoms with Crippen LogP contribution in [0.25, 0.3) is 0 Å². The van der Waals surface area contributed by atoms with Crippen molar-refractivity contribution in [3.05, 3.63) is 142 Å². The van der Waals surface area contributed by atoms with Crippen molar-refractivity contribution in [2.75, 3.05) is 6.54 Å². The number of nitrogens with one attached hydrogen (secondary N) is 1. The molecule has 4 aromatic rings. The number of benzene rings is 4. The number of hydrogen-bond donors (Lipinski definition) is 1. The highest BCUT2D eigenvalue weighted by molar-refractivity contribution is 5.45. The summed E-state index contributed by atoms with van der Waals surface area (Å²) < 4.78 is 0. The molecular formula is C38H45N. The van der Waals surface area contributed by atoms with Gasteiger partial charge in [-0.1, -0.05) is 142 Å². The summed E-state index contributed by atoms with van der Waals surface area (Å²) >= 11 is 0. The average Bonchev–Trinajstić information content (AvgIpc) is 2.95. The molecule has 1 nitrogen and oxygen atoms in total. The Morgan fingerprint density at radius 1 is 0.538 bits per heavy atom. The Balaban J connectivity index is 1.45. The Morgan fingerprint density at radius 3 is 1.23 bits per heavy atom. The Hall–Kier alpha value is -3.16. The van der Waals surface area contributed by atoms with Crippen LogP contribution < -0.4 is 5.32 Å². The summed E-state index contributed by atoms with van der Waals surface area (Å²) in [4.78, 5) is 0. The highest BCUT2D eigenvalue weighted by Crippen LogP contribution is 2.38. The topological polar surface area (TPSA) is 12.0 Å². The van der Waals surface area contributed by atoms with Crippen LogP contribution in [0, 0.1) is 13.8 Å². The molecule has 0 saturated carbocycles. The molecular weight excluding hydrogens is 470 g/mol. The summed E-state index contributed by atoms with van der Waals surface area (Å²) in [7, 11) is 0. The van der Waals surface area contributed by atoms with Gasteiger partial charge in [0.1, 0.15) is 0 Å². The van der Waals surface area contributed by atoms with Gasteiger partial charge in [-0.05, 0) is 66.6 Å². The molecule has 1 saturated heterocycles. The minimum Gasteiger partial charge on any atom is -0.313 e. The lowest BCUT2D eigenvalue weighted by Crippen LogP contribution is -2.39. The van der Waals surface area contributed by atoms with Crippen LogP contribution in [0.3, 0.4) is 0 Å². The molecule has 0 spiro atoms. The van der Waals surface area contributed by atoms with Crippen LogP contribution in [0.1, 0.15) is 97.4 Å². The SMILES string of the molecule is Cc1ccc(C(C)(C)c2ccc(C(c3ccc(C(C)(C)c4ccc(C)cc4)cc3)[C@H]3CCCCN3)cc2)cc1. The minimum absolute atomic E-state index is 0.0337. The van der Waals surface area contributed by atoms with Crippen molar-refractivity contribution < 1.29 is 0 Å². The summed E-state index contributed by atoms with van der Waals surface area (Å²) in [5, 5.41) is 3.87. The molecule has 1 heterocycles. The van der Waals surface area contributed by atoms with Gasteiger partial charge in [-0.2, -0.15) is 0 Å². The van der Waals surface area contributed by atoms with E-state index in [1.807, 2.05) is 0 Å². The number of hydrogen-bond acceptors (Lipinski definition) is 1. The Morgan fingerprint density at radius 2 is 0.897 bits per heavy atom. The second kappa shape index (κ2) is 11.1. The van der Waals surface area contributed by atoms with Crippen molar-refractivity contribution in [2.45, 2.75) is 83.6 Å². The van der Waals surface area contributed by atoms with Crippen LogP contribution >= 0.6 is 0 Å². The molecule has 1 aliphatic heterocycles.